The summed E-state index contributed by atoms with van der Waals surface area (Å²) >= 11 is 0. The summed E-state index contributed by atoms with van der Waals surface area (Å²) in [5.74, 6) is -1.48. The lowest BCUT2D eigenvalue weighted by Gasteiger charge is -2.16. The second-order valence-corrected chi connectivity index (χ2v) is 7.31. The molecule has 5 aromatic rings. The second kappa shape index (κ2) is 7.69. The summed E-state index contributed by atoms with van der Waals surface area (Å²) in [6, 6.07) is 15.5. The Labute approximate surface area is 180 Å². The Morgan fingerprint density at radius 1 is 1.03 bits per heavy atom. The van der Waals surface area contributed by atoms with E-state index < -0.39 is 17.6 Å². The van der Waals surface area contributed by atoms with Crippen molar-refractivity contribution in [3.8, 4) is 11.1 Å². The third-order valence-electron chi connectivity index (χ3n) is 5.34. The number of carboxylic acid groups (broad SMARTS) is 1. The number of aromatic nitrogens is 5. The molecule has 1 N–H and O–H groups in total. The van der Waals surface area contributed by atoms with E-state index in [1.807, 2.05) is 30.3 Å². The molecule has 0 fully saturated rings. The molecular formula is C23H16FN5O3. The van der Waals surface area contributed by atoms with E-state index in [2.05, 4.69) is 15.3 Å². The minimum Gasteiger partial charge on any atom is -0.480 e. The number of hydrogen-bond acceptors (Lipinski definition) is 5. The molecule has 0 spiro atoms. The van der Waals surface area contributed by atoms with Crippen LogP contribution in [0.4, 0.5) is 4.39 Å². The van der Waals surface area contributed by atoms with Gasteiger partial charge < -0.3 is 5.11 Å². The average molecular weight is 429 g/mol. The number of pyridine rings is 1. The first-order chi connectivity index (χ1) is 15.5. The van der Waals surface area contributed by atoms with Crippen molar-refractivity contribution in [2.75, 3.05) is 0 Å². The Balaban J connectivity index is 1.62. The van der Waals surface area contributed by atoms with Crippen LogP contribution in [0.25, 0.3) is 27.8 Å². The van der Waals surface area contributed by atoms with Crippen LogP contribution in [0.1, 0.15) is 11.6 Å². The molecule has 0 aliphatic rings. The predicted octanol–water partition coefficient (Wildman–Crippen LogP) is 3.11. The summed E-state index contributed by atoms with van der Waals surface area (Å²) in [4.78, 5) is 25.1. The molecule has 32 heavy (non-hydrogen) atoms. The fourth-order valence-corrected chi connectivity index (χ4v) is 3.73. The van der Waals surface area contributed by atoms with Crippen molar-refractivity contribution < 1.29 is 14.3 Å². The van der Waals surface area contributed by atoms with Crippen molar-refractivity contribution in [1.82, 2.24) is 24.4 Å². The molecule has 0 radical (unpaired) electrons. The molecule has 8 nitrogen and oxygen atoms in total. The molecule has 9 heteroatoms. The zero-order valence-electron chi connectivity index (χ0n) is 16.6. The van der Waals surface area contributed by atoms with Crippen LogP contribution in [0.2, 0.25) is 0 Å². The van der Waals surface area contributed by atoms with Crippen LogP contribution in [0.15, 0.2) is 77.9 Å². The van der Waals surface area contributed by atoms with E-state index in [9.17, 15) is 19.1 Å². The van der Waals surface area contributed by atoms with E-state index in [1.165, 1.54) is 22.8 Å². The lowest BCUT2D eigenvalue weighted by atomic mass is 10.1. The van der Waals surface area contributed by atoms with Crippen LogP contribution in [0, 0.1) is 5.82 Å². The molecule has 3 heterocycles. The second-order valence-electron chi connectivity index (χ2n) is 7.31. The van der Waals surface area contributed by atoms with Crippen molar-refractivity contribution in [2.45, 2.75) is 12.5 Å². The average Bonchev–Trinajstić information content (AvgIpc) is 3.24. The van der Waals surface area contributed by atoms with Gasteiger partial charge in [0.15, 0.2) is 11.2 Å². The van der Waals surface area contributed by atoms with Gasteiger partial charge >= 0.3 is 5.97 Å². The highest BCUT2D eigenvalue weighted by molar-refractivity contribution is 5.83. The number of fused-ring (bicyclic) bond motifs is 3. The van der Waals surface area contributed by atoms with Gasteiger partial charge in [-0.15, -0.1) is 10.2 Å². The molecule has 0 saturated carbocycles. The number of carboxylic acids is 1. The number of aliphatic carboxylic acids is 1. The molecule has 0 amide bonds. The number of nitrogens with zero attached hydrogens (tertiary/aromatic N) is 5. The maximum absolute atomic E-state index is 13.3. The van der Waals surface area contributed by atoms with Gasteiger partial charge in [-0.25, -0.2) is 13.7 Å². The van der Waals surface area contributed by atoms with Crippen LogP contribution < -0.4 is 5.56 Å². The SMILES string of the molecule is O=C(O)C(Cc1ccccc1)n1ccc2c(nnc3c(-c4ccc(F)cc4)cnn32)c1=O. The smallest absolute Gasteiger partial charge is 0.327 e. The lowest BCUT2D eigenvalue weighted by Crippen LogP contribution is -2.31. The van der Waals surface area contributed by atoms with Crippen LogP contribution >= 0.6 is 0 Å². The fourth-order valence-electron chi connectivity index (χ4n) is 3.73. The summed E-state index contributed by atoms with van der Waals surface area (Å²) < 4.78 is 15.9. The maximum atomic E-state index is 13.3. The molecular weight excluding hydrogens is 413 g/mol. The van der Waals surface area contributed by atoms with Crippen LogP contribution in [-0.4, -0.2) is 35.5 Å². The van der Waals surface area contributed by atoms with Gasteiger partial charge in [0.1, 0.15) is 17.4 Å². The zero-order chi connectivity index (χ0) is 22.2. The third kappa shape index (κ3) is 3.29. The number of rotatable bonds is 5. The summed E-state index contributed by atoms with van der Waals surface area (Å²) in [6.07, 6.45) is 3.15. The fraction of sp³-hybridized carbons (Fsp3) is 0.0870. The van der Waals surface area contributed by atoms with Gasteiger partial charge in [-0.3, -0.25) is 9.36 Å². The van der Waals surface area contributed by atoms with Gasteiger partial charge in [0, 0.05) is 18.2 Å². The van der Waals surface area contributed by atoms with Crippen molar-refractivity contribution in [1.29, 1.82) is 0 Å². The van der Waals surface area contributed by atoms with Crippen molar-refractivity contribution in [2.24, 2.45) is 0 Å². The summed E-state index contributed by atoms with van der Waals surface area (Å²) in [6.45, 7) is 0. The number of benzene rings is 2. The van der Waals surface area contributed by atoms with E-state index in [-0.39, 0.29) is 17.8 Å². The Morgan fingerprint density at radius 2 is 1.78 bits per heavy atom. The highest BCUT2D eigenvalue weighted by Gasteiger charge is 2.23. The van der Waals surface area contributed by atoms with E-state index in [0.29, 0.717) is 22.3 Å². The van der Waals surface area contributed by atoms with Gasteiger partial charge in [0.2, 0.25) is 0 Å². The van der Waals surface area contributed by atoms with Crippen molar-refractivity contribution >= 4 is 22.6 Å². The molecule has 5 rings (SSSR count). The Hall–Kier alpha value is -4.40. The highest BCUT2D eigenvalue weighted by Crippen LogP contribution is 2.25. The number of halogens is 1. The molecule has 1 atom stereocenters. The first-order valence-corrected chi connectivity index (χ1v) is 9.81. The summed E-state index contributed by atoms with van der Waals surface area (Å²) in [5.41, 5.74) is 2.37. The topological polar surface area (TPSA) is 102 Å². The van der Waals surface area contributed by atoms with Gasteiger partial charge in [0.05, 0.1) is 6.20 Å². The lowest BCUT2D eigenvalue weighted by molar-refractivity contribution is -0.141. The Morgan fingerprint density at radius 3 is 2.50 bits per heavy atom. The van der Waals surface area contributed by atoms with Gasteiger partial charge in [-0.1, -0.05) is 42.5 Å². The molecule has 0 aliphatic heterocycles. The van der Waals surface area contributed by atoms with Crippen LogP contribution in [-0.2, 0) is 11.2 Å². The van der Waals surface area contributed by atoms with Gasteiger partial charge in [-0.05, 0) is 29.3 Å². The highest BCUT2D eigenvalue weighted by atomic mass is 19.1. The third-order valence-corrected chi connectivity index (χ3v) is 5.34. The van der Waals surface area contributed by atoms with Crippen molar-refractivity contribution in [3.05, 3.63) is 94.8 Å². The Bertz CT molecular complexity index is 1510. The number of hydrogen-bond donors (Lipinski definition) is 1. The minimum absolute atomic E-state index is 0.00747. The summed E-state index contributed by atoms with van der Waals surface area (Å²) in [5, 5.41) is 22.3. The number of carbonyl (C=O) groups is 1. The Kier molecular flexibility index (Phi) is 4.70. The largest absolute Gasteiger partial charge is 0.480 e. The minimum atomic E-state index is -1.12. The van der Waals surface area contributed by atoms with Gasteiger partial charge in [0.25, 0.3) is 5.56 Å². The first kappa shape index (κ1) is 19.6. The molecule has 1 unspecified atom stereocenters. The maximum Gasteiger partial charge on any atom is 0.327 e. The summed E-state index contributed by atoms with van der Waals surface area (Å²) in [7, 11) is 0. The molecule has 3 aromatic heterocycles. The van der Waals surface area contributed by atoms with Crippen molar-refractivity contribution in [3.63, 3.8) is 0 Å². The zero-order valence-corrected chi connectivity index (χ0v) is 16.6. The molecule has 2 aromatic carbocycles. The quantitative estimate of drug-likeness (QED) is 0.461. The predicted molar refractivity (Wildman–Crippen MR) is 115 cm³/mol. The van der Waals surface area contributed by atoms with E-state index >= 15 is 0 Å². The molecule has 158 valence electrons. The normalized spacial score (nSPS) is 12.3. The van der Waals surface area contributed by atoms with E-state index in [4.69, 9.17) is 0 Å². The van der Waals surface area contributed by atoms with E-state index in [1.54, 1.807) is 24.4 Å². The standard InChI is InChI=1S/C23H16FN5O3/c24-16-8-6-15(7-9-16)17-13-25-29-18-10-11-28(22(30)20(18)26-27-21(17)29)19(23(31)32)12-14-4-2-1-3-5-14/h1-11,13,19H,12H2,(H,31,32). The first-order valence-electron chi connectivity index (χ1n) is 9.81. The molecule has 0 bridgehead atoms. The van der Waals surface area contributed by atoms with Gasteiger partial charge in [-0.2, -0.15) is 5.10 Å². The van der Waals surface area contributed by atoms with E-state index in [0.717, 1.165) is 10.1 Å². The molecule has 0 aliphatic carbocycles. The monoisotopic (exact) mass is 429 g/mol. The van der Waals surface area contributed by atoms with Crippen LogP contribution in [0.3, 0.4) is 0 Å². The van der Waals surface area contributed by atoms with Crippen LogP contribution in [0.5, 0.6) is 0 Å². The molecule has 0 saturated heterocycles.